The first-order valence-corrected chi connectivity index (χ1v) is 11.8. The van der Waals surface area contributed by atoms with Gasteiger partial charge in [-0.25, -0.2) is 4.98 Å². The van der Waals surface area contributed by atoms with E-state index in [1.165, 1.54) is 28.6 Å². The number of aryl methyl sites for hydroxylation is 2. The van der Waals surface area contributed by atoms with Crippen LogP contribution >= 0.6 is 23.1 Å². The van der Waals surface area contributed by atoms with Gasteiger partial charge in [0.05, 0.1) is 18.2 Å². The molecule has 0 saturated heterocycles. The van der Waals surface area contributed by atoms with Gasteiger partial charge >= 0.3 is 0 Å². The van der Waals surface area contributed by atoms with E-state index in [0.29, 0.717) is 11.7 Å². The summed E-state index contributed by atoms with van der Waals surface area (Å²) in [6, 6.07) is 7.68. The smallest absolute Gasteiger partial charge is 0.262 e. The third-order valence-electron chi connectivity index (χ3n) is 5.51. The van der Waals surface area contributed by atoms with E-state index in [4.69, 9.17) is 9.72 Å². The lowest BCUT2D eigenvalue weighted by atomic mass is 9.97. The summed E-state index contributed by atoms with van der Waals surface area (Å²) in [7, 11) is 5.15. The van der Waals surface area contributed by atoms with Gasteiger partial charge in [0.2, 0.25) is 5.91 Å². The molecule has 0 fully saturated rings. The van der Waals surface area contributed by atoms with Gasteiger partial charge in [0.25, 0.3) is 5.56 Å². The van der Waals surface area contributed by atoms with E-state index in [2.05, 4.69) is 0 Å². The van der Waals surface area contributed by atoms with Crippen molar-refractivity contribution in [1.29, 1.82) is 0 Å². The maximum Gasteiger partial charge on any atom is 0.262 e. The van der Waals surface area contributed by atoms with Crippen LogP contribution in [0.5, 0.6) is 5.75 Å². The van der Waals surface area contributed by atoms with Crippen LogP contribution in [0.3, 0.4) is 0 Å². The maximum atomic E-state index is 13.0. The molecule has 8 heteroatoms. The van der Waals surface area contributed by atoms with Crippen LogP contribution in [0.25, 0.3) is 10.2 Å². The summed E-state index contributed by atoms with van der Waals surface area (Å²) in [6.45, 7) is 0.465. The predicted molar refractivity (Wildman–Crippen MR) is 122 cm³/mol. The van der Waals surface area contributed by atoms with Gasteiger partial charge in [-0.15, -0.1) is 11.3 Å². The van der Waals surface area contributed by atoms with E-state index in [1.54, 1.807) is 42.0 Å². The van der Waals surface area contributed by atoms with Crippen LogP contribution < -0.4 is 10.3 Å². The number of thiophene rings is 1. The summed E-state index contributed by atoms with van der Waals surface area (Å²) in [6.07, 6.45) is 4.31. The number of hydrogen-bond acceptors (Lipinski definition) is 6. The highest BCUT2D eigenvalue weighted by Crippen LogP contribution is 2.34. The lowest BCUT2D eigenvalue weighted by Crippen LogP contribution is -2.28. The standard InChI is InChI=1S/C22H25N3O3S2/c1-24(12-14-8-4-6-10-16(14)28-3)18(26)13-29-22-23-20-19(21(27)25(22)2)15-9-5-7-11-17(15)30-20/h4,6,8,10H,5,7,9,11-13H2,1-3H3. The average Bonchev–Trinajstić information content (AvgIpc) is 3.13. The molecule has 0 aliphatic heterocycles. The second kappa shape index (κ2) is 8.81. The van der Waals surface area contributed by atoms with E-state index < -0.39 is 0 Å². The van der Waals surface area contributed by atoms with Gasteiger partial charge in [-0.2, -0.15) is 0 Å². The van der Waals surface area contributed by atoms with Crippen molar-refractivity contribution in [2.75, 3.05) is 19.9 Å². The Balaban J connectivity index is 1.50. The summed E-state index contributed by atoms with van der Waals surface area (Å²) >= 11 is 2.95. The molecule has 30 heavy (non-hydrogen) atoms. The van der Waals surface area contributed by atoms with Crippen LogP contribution in [0.15, 0.2) is 34.2 Å². The van der Waals surface area contributed by atoms with Crippen molar-refractivity contribution in [1.82, 2.24) is 14.5 Å². The third kappa shape index (κ3) is 3.98. The number of ether oxygens (including phenoxy) is 1. The molecule has 158 valence electrons. The van der Waals surface area contributed by atoms with Crippen molar-refractivity contribution in [3.05, 3.63) is 50.6 Å². The van der Waals surface area contributed by atoms with Crippen molar-refractivity contribution >= 4 is 39.2 Å². The lowest BCUT2D eigenvalue weighted by Gasteiger charge is -2.19. The number of aromatic nitrogens is 2. The first-order valence-electron chi connectivity index (χ1n) is 9.99. The number of amides is 1. The molecular formula is C22H25N3O3S2. The molecule has 0 bridgehead atoms. The Morgan fingerprint density at radius 1 is 1.30 bits per heavy atom. The van der Waals surface area contributed by atoms with E-state index >= 15 is 0 Å². The van der Waals surface area contributed by atoms with E-state index in [1.807, 2.05) is 24.3 Å². The Hall–Kier alpha value is -2.32. The van der Waals surface area contributed by atoms with Crippen molar-refractivity contribution in [2.45, 2.75) is 37.4 Å². The van der Waals surface area contributed by atoms with Crippen LogP contribution in [0, 0.1) is 0 Å². The second-order valence-electron chi connectivity index (χ2n) is 7.50. The highest BCUT2D eigenvalue weighted by Gasteiger charge is 2.22. The first-order chi connectivity index (χ1) is 14.5. The van der Waals surface area contributed by atoms with Crippen molar-refractivity contribution in [3.63, 3.8) is 0 Å². The zero-order valence-electron chi connectivity index (χ0n) is 17.4. The molecule has 1 aliphatic carbocycles. The lowest BCUT2D eigenvalue weighted by molar-refractivity contribution is -0.127. The van der Waals surface area contributed by atoms with Gasteiger partial charge in [-0.3, -0.25) is 14.2 Å². The first kappa shape index (κ1) is 20.9. The normalized spacial score (nSPS) is 13.3. The Morgan fingerprint density at radius 2 is 2.07 bits per heavy atom. The number of carbonyl (C=O) groups excluding carboxylic acids is 1. The largest absolute Gasteiger partial charge is 0.496 e. The second-order valence-corrected chi connectivity index (χ2v) is 9.53. The number of thioether (sulfide) groups is 1. The van der Waals surface area contributed by atoms with Crippen LogP contribution in [0.2, 0.25) is 0 Å². The summed E-state index contributed by atoms with van der Waals surface area (Å²) < 4.78 is 6.95. The van der Waals surface area contributed by atoms with E-state index in [0.717, 1.165) is 40.8 Å². The van der Waals surface area contributed by atoms with Gasteiger partial charge < -0.3 is 9.64 Å². The molecule has 0 spiro atoms. The highest BCUT2D eigenvalue weighted by atomic mass is 32.2. The molecular weight excluding hydrogens is 418 g/mol. The number of nitrogens with zero attached hydrogens (tertiary/aromatic N) is 3. The molecule has 1 aliphatic rings. The average molecular weight is 444 g/mol. The van der Waals surface area contributed by atoms with Crippen molar-refractivity contribution in [2.24, 2.45) is 7.05 Å². The summed E-state index contributed by atoms with van der Waals surface area (Å²) in [5, 5.41) is 1.37. The summed E-state index contributed by atoms with van der Waals surface area (Å²) in [5.41, 5.74) is 2.15. The fraction of sp³-hybridized carbons (Fsp3) is 0.409. The molecule has 6 nitrogen and oxygen atoms in total. The predicted octanol–water partition coefficient (Wildman–Crippen LogP) is 3.63. The van der Waals surface area contributed by atoms with Gasteiger partial charge in [-0.1, -0.05) is 30.0 Å². The van der Waals surface area contributed by atoms with Crippen LogP contribution in [0.4, 0.5) is 0 Å². The van der Waals surface area contributed by atoms with Crippen LogP contribution in [0.1, 0.15) is 28.8 Å². The van der Waals surface area contributed by atoms with E-state index in [-0.39, 0.29) is 17.2 Å². The molecule has 0 atom stereocenters. The molecule has 2 aromatic heterocycles. The molecule has 4 rings (SSSR count). The molecule has 1 amide bonds. The van der Waals surface area contributed by atoms with Gasteiger partial charge in [0.1, 0.15) is 10.6 Å². The van der Waals surface area contributed by atoms with Crippen molar-refractivity contribution < 1.29 is 9.53 Å². The minimum atomic E-state index is -0.0225. The minimum Gasteiger partial charge on any atom is -0.496 e. The summed E-state index contributed by atoms with van der Waals surface area (Å²) in [5.74, 6) is 0.967. The van der Waals surface area contributed by atoms with Gasteiger partial charge in [0.15, 0.2) is 5.16 Å². The third-order valence-corrected chi connectivity index (χ3v) is 7.71. The SMILES string of the molecule is COc1ccccc1CN(C)C(=O)CSc1nc2sc3c(c2c(=O)n1C)CCCC3. The molecule has 0 radical (unpaired) electrons. The van der Waals surface area contributed by atoms with Crippen LogP contribution in [-0.4, -0.2) is 40.3 Å². The Morgan fingerprint density at radius 3 is 2.87 bits per heavy atom. The molecule has 0 unspecified atom stereocenters. The molecule has 3 aromatic rings. The maximum absolute atomic E-state index is 13.0. The quantitative estimate of drug-likeness (QED) is 0.430. The van der Waals surface area contributed by atoms with Gasteiger partial charge in [-0.05, 0) is 37.3 Å². The number of benzene rings is 1. The molecule has 0 saturated carbocycles. The van der Waals surface area contributed by atoms with Crippen LogP contribution in [-0.2, 0) is 31.2 Å². The Bertz CT molecular complexity index is 1150. The fourth-order valence-electron chi connectivity index (χ4n) is 3.81. The summed E-state index contributed by atoms with van der Waals surface area (Å²) in [4.78, 5) is 34.2. The number of hydrogen-bond donors (Lipinski definition) is 0. The number of carbonyl (C=O) groups is 1. The Kier molecular flexibility index (Phi) is 6.15. The molecule has 0 N–H and O–H groups in total. The fourth-order valence-corrected chi connectivity index (χ4v) is 6.03. The number of para-hydroxylation sites is 1. The molecule has 2 heterocycles. The van der Waals surface area contributed by atoms with Gasteiger partial charge in [0, 0.05) is 31.1 Å². The topological polar surface area (TPSA) is 64.4 Å². The van der Waals surface area contributed by atoms with Crippen molar-refractivity contribution in [3.8, 4) is 5.75 Å². The zero-order chi connectivity index (χ0) is 21.3. The number of rotatable bonds is 6. The molecule has 1 aromatic carbocycles. The Labute approximate surface area is 183 Å². The number of fused-ring (bicyclic) bond motifs is 3. The minimum absolute atomic E-state index is 0.00303. The zero-order valence-corrected chi connectivity index (χ0v) is 19.1. The van der Waals surface area contributed by atoms with E-state index in [9.17, 15) is 9.59 Å². The highest BCUT2D eigenvalue weighted by molar-refractivity contribution is 7.99. The monoisotopic (exact) mass is 443 g/mol. The number of methoxy groups -OCH3 is 1.